The molecule has 8 heteroatoms. The first-order chi connectivity index (χ1) is 13.4. The van der Waals surface area contributed by atoms with Gasteiger partial charge in [-0.1, -0.05) is 18.9 Å². The molecule has 0 spiro atoms. The Morgan fingerprint density at radius 2 is 1.71 bits per heavy atom. The van der Waals surface area contributed by atoms with Crippen LogP contribution in [0, 0.1) is 5.82 Å². The zero-order valence-electron chi connectivity index (χ0n) is 15.2. The lowest BCUT2D eigenvalue weighted by molar-refractivity contribution is -0.115. The molecule has 2 N–H and O–H groups in total. The Balaban J connectivity index is 1.60. The Bertz CT molecular complexity index is 968. The highest BCUT2D eigenvalue weighted by Gasteiger charge is 2.30. The number of hydrogen-bond donors (Lipinski definition) is 2. The highest BCUT2D eigenvalue weighted by molar-refractivity contribution is 7.92. The maximum atomic E-state index is 12.9. The van der Waals surface area contributed by atoms with Gasteiger partial charge in [0.2, 0.25) is 5.91 Å². The minimum Gasteiger partial charge on any atom is -0.343 e. The van der Waals surface area contributed by atoms with Crippen molar-refractivity contribution in [2.75, 3.05) is 11.9 Å². The molecule has 0 aliphatic heterocycles. The molecule has 0 bridgehead atoms. The maximum Gasteiger partial charge on any atom is 0.251 e. The van der Waals surface area contributed by atoms with Crippen LogP contribution in [0.2, 0.25) is 0 Å². The van der Waals surface area contributed by atoms with E-state index in [1.165, 1.54) is 24.3 Å². The Labute approximate surface area is 163 Å². The largest absolute Gasteiger partial charge is 0.343 e. The van der Waals surface area contributed by atoms with Crippen LogP contribution in [0.25, 0.3) is 0 Å². The summed E-state index contributed by atoms with van der Waals surface area (Å²) in [6.45, 7) is -0.296. The van der Waals surface area contributed by atoms with Crippen LogP contribution < -0.4 is 10.6 Å². The molecule has 0 heterocycles. The van der Waals surface area contributed by atoms with E-state index in [9.17, 15) is 22.4 Å². The molecule has 2 amide bonds. The Hall–Kier alpha value is -2.74. The van der Waals surface area contributed by atoms with E-state index in [0.29, 0.717) is 18.5 Å². The number of amides is 2. The molecule has 0 radical (unpaired) electrons. The highest BCUT2D eigenvalue weighted by Crippen LogP contribution is 2.30. The predicted octanol–water partition coefficient (Wildman–Crippen LogP) is 2.91. The van der Waals surface area contributed by atoms with Crippen LogP contribution in [0.3, 0.4) is 0 Å². The Kier molecular flexibility index (Phi) is 6.08. The van der Waals surface area contributed by atoms with E-state index in [1.807, 2.05) is 0 Å². The van der Waals surface area contributed by atoms with Gasteiger partial charge in [-0.2, -0.15) is 0 Å². The number of rotatable bonds is 6. The zero-order chi connectivity index (χ0) is 20.1. The number of nitrogens with one attached hydrogen (secondary N) is 2. The van der Waals surface area contributed by atoms with Gasteiger partial charge in [-0.05, 0) is 55.3 Å². The molecule has 0 aromatic heterocycles. The maximum absolute atomic E-state index is 12.9. The zero-order valence-corrected chi connectivity index (χ0v) is 16.0. The molecule has 2 aromatic rings. The third kappa shape index (κ3) is 4.75. The van der Waals surface area contributed by atoms with Crippen LogP contribution in [0.1, 0.15) is 36.0 Å². The van der Waals surface area contributed by atoms with Crippen molar-refractivity contribution in [2.45, 2.75) is 35.8 Å². The summed E-state index contributed by atoms with van der Waals surface area (Å²) in [6.07, 6.45) is 3.14. The van der Waals surface area contributed by atoms with Crippen LogP contribution in [0.4, 0.5) is 10.1 Å². The normalized spacial score (nSPS) is 14.6. The fourth-order valence-electron chi connectivity index (χ4n) is 3.21. The van der Waals surface area contributed by atoms with Crippen LogP contribution >= 0.6 is 0 Å². The quantitative estimate of drug-likeness (QED) is 0.774. The smallest absolute Gasteiger partial charge is 0.251 e. The van der Waals surface area contributed by atoms with E-state index in [4.69, 9.17) is 0 Å². The fourth-order valence-corrected chi connectivity index (χ4v) is 5.11. The van der Waals surface area contributed by atoms with Crippen molar-refractivity contribution in [3.05, 3.63) is 59.9 Å². The molecule has 0 unspecified atom stereocenters. The van der Waals surface area contributed by atoms with E-state index in [0.717, 1.165) is 25.0 Å². The molecule has 3 rings (SSSR count). The van der Waals surface area contributed by atoms with Gasteiger partial charge < -0.3 is 10.6 Å². The van der Waals surface area contributed by atoms with E-state index in [2.05, 4.69) is 10.6 Å². The van der Waals surface area contributed by atoms with Gasteiger partial charge in [-0.15, -0.1) is 0 Å². The van der Waals surface area contributed by atoms with Crippen molar-refractivity contribution < 1.29 is 22.4 Å². The molecule has 0 atom stereocenters. The SMILES string of the molecule is O=C(CNC(=O)c1ccc(F)cc1)Nc1cccc(S(=O)(=O)C2CCCC2)c1. The third-order valence-electron chi connectivity index (χ3n) is 4.70. The summed E-state index contributed by atoms with van der Waals surface area (Å²) in [5.74, 6) is -1.46. The van der Waals surface area contributed by atoms with Gasteiger partial charge in [0.1, 0.15) is 5.82 Å². The van der Waals surface area contributed by atoms with Crippen LogP contribution in [-0.4, -0.2) is 32.0 Å². The molecule has 1 aliphatic carbocycles. The Morgan fingerprint density at radius 3 is 2.39 bits per heavy atom. The average molecular weight is 404 g/mol. The van der Waals surface area contributed by atoms with Crippen molar-refractivity contribution in [3.8, 4) is 0 Å². The van der Waals surface area contributed by atoms with Crippen molar-refractivity contribution in [2.24, 2.45) is 0 Å². The molecule has 28 heavy (non-hydrogen) atoms. The summed E-state index contributed by atoms with van der Waals surface area (Å²) >= 11 is 0. The van der Waals surface area contributed by atoms with Gasteiger partial charge >= 0.3 is 0 Å². The number of anilines is 1. The second-order valence-corrected chi connectivity index (χ2v) is 8.95. The topological polar surface area (TPSA) is 92.3 Å². The average Bonchev–Trinajstić information content (AvgIpc) is 3.22. The molecule has 0 saturated heterocycles. The molecular weight excluding hydrogens is 383 g/mol. The fraction of sp³-hybridized carbons (Fsp3) is 0.300. The van der Waals surface area contributed by atoms with Crippen molar-refractivity contribution in [1.82, 2.24) is 5.32 Å². The predicted molar refractivity (Wildman–Crippen MR) is 103 cm³/mol. The lowest BCUT2D eigenvalue weighted by atomic mass is 10.2. The van der Waals surface area contributed by atoms with Gasteiger partial charge in [0.25, 0.3) is 5.91 Å². The van der Waals surface area contributed by atoms with Gasteiger partial charge in [0.05, 0.1) is 16.7 Å². The van der Waals surface area contributed by atoms with Gasteiger partial charge in [0, 0.05) is 11.3 Å². The van der Waals surface area contributed by atoms with Gasteiger partial charge in [0.15, 0.2) is 9.84 Å². The van der Waals surface area contributed by atoms with Gasteiger partial charge in [-0.3, -0.25) is 9.59 Å². The molecule has 1 aliphatic rings. The minimum absolute atomic E-state index is 0.188. The molecular formula is C20H21FN2O4S. The number of hydrogen-bond acceptors (Lipinski definition) is 4. The van der Waals surface area contributed by atoms with E-state index in [1.54, 1.807) is 12.1 Å². The summed E-state index contributed by atoms with van der Waals surface area (Å²) < 4.78 is 38.2. The minimum atomic E-state index is -3.41. The number of halogens is 1. The lowest BCUT2D eigenvalue weighted by Crippen LogP contribution is -2.32. The van der Waals surface area contributed by atoms with Crippen molar-refractivity contribution >= 4 is 27.3 Å². The third-order valence-corrected chi connectivity index (χ3v) is 6.96. The highest BCUT2D eigenvalue weighted by atomic mass is 32.2. The number of sulfone groups is 1. The van der Waals surface area contributed by atoms with Gasteiger partial charge in [-0.25, -0.2) is 12.8 Å². The monoisotopic (exact) mass is 404 g/mol. The second kappa shape index (κ2) is 8.52. The van der Waals surface area contributed by atoms with E-state index in [-0.39, 0.29) is 22.3 Å². The summed E-state index contributed by atoms with van der Waals surface area (Å²) in [7, 11) is -3.41. The number of carbonyl (C=O) groups is 2. The van der Waals surface area contributed by atoms with Crippen LogP contribution in [0.15, 0.2) is 53.4 Å². The van der Waals surface area contributed by atoms with E-state index >= 15 is 0 Å². The summed E-state index contributed by atoms with van der Waals surface area (Å²) in [4.78, 5) is 24.2. The van der Waals surface area contributed by atoms with Crippen molar-refractivity contribution in [1.29, 1.82) is 0 Å². The molecule has 6 nitrogen and oxygen atoms in total. The van der Waals surface area contributed by atoms with Crippen molar-refractivity contribution in [3.63, 3.8) is 0 Å². The van der Waals surface area contributed by atoms with E-state index < -0.39 is 27.5 Å². The lowest BCUT2D eigenvalue weighted by Gasteiger charge is -2.13. The van der Waals surface area contributed by atoms with Crippen LogP contribution in [-0.2, 0) is 14.6 Å². The number of benzene rings is 2. The summed E-state index contributed by atoms with van der Waals surface area (Å²) in [6, 6.07) is 11.1. The molecule has 2 aromatic carbocycles. The Morgan fingerprint density at radius 1 is 1.04 bits per heavy atom. The first-order valence-corrected chi connectivity index (χ1v) is 10.6. The number of carbonyl (C=O) groups excluding carboxylic acids is 2. The standard InChI is InChI=1S/C20H21FN2O4S/c21-15-10-8-14(9-11-15)20(25)22-13-19(24)23-16-4-3-7-18(12-16)28(26,27)17-5-1-2-6-17/h3-4,7-12,17H,1-2,5-6,13H2,(H,22,25)(H,23,24). The molecule has 148 valence electrons. The summed E-state index contributed by atoms with van der Waals surface area (Å²) in [5, 5.41) is 4.65. The molecule has 1 fully saturated rings. The first kappa shape index (κ1) is 20.0. The first-order valence-electron chi connectivity index (χ1n) is 9.04. The second-order valence-electron chi connectivity index (χ2n) is 6.72. The van der Waals surface area contributed by atoms with Crippen LogP contribution in [0.5, 0.6) is 0 Å². The molecule has 1 saturated carbocycles. The summed E-state index contributed by atoms with van der Waals surface area (Å²) in [5.41, 5.74) is 0.582.